The second-order valence-electron chi connectivity index (χ2n) is 7.40. The number of carbonyl (C=O) groups is 2. The number of rotatable bonds is 5. The number of amides is 1. The molecule has 2 aromatic carbocycles. The maximum Gasteiger partial charge on any atom is 0.307 e. The van der Waals surface area contributed by atoms with Crippen molar-refractivity contribution in [1.29, 1.82) is 0 Å². The molecule has 7 heteroatoms. The molecule has 0 N–H and O–H groups in total. The van der Waals surface area contributed by atoms with Gasteiger partial charge in [0.1, 0.15) is 0 Å². The van der Waals surface area contributed by atoms with Gasteiger partial charge < -0.3 is 19.1 Å². The molecule has 0 aliphatic carbocycles. The molecule has 30 heavy (non-hydrogen) atoms. The number of esters is 1. The summed E-state index contributed by atoms with van der Waals surface area (Å²) in [4.78, 5) is 28.7. The molecule has 0 unspecified atom stereocenters. The number of hydrogen-bond donors (Lipinski definition) is 0. The van der Waals surface area contributed by atoms with Gasteiger partial charge in [-0.05, 0) is 47.7 Å². The molecule has 2 heterocycles. The molecule has 0 spiro atoms. The van der Waals surface area contributed by atoms with E-state index in [-0.39, 0.29) is 23.5 Å². The monoisotopic (exact) mass is 427 g/mol. The zero-order valence-corrected chi connectivity index (χ0v) is 18.2. The highest BCUT2D eigenvalue weighted by Gasteiger charge is 2.38. The topological polar surface area (TPSA) is 65.1 Å². The van der Waals surface area contributed by atoms with Crippen molar-refractivity contribution in [1.82, 2.24) is 4.90 Å². The second kappa shape index (κ2) is 8.60. The van der Waals surface area contributed by atoms with Crippen LogP contribution in [0.3, 0.4) is 0 Å². The number of benzene rings is 2. The van der Waals surface area contributed by atoms with Crippen molar-refractivity contribution < 1.29 is 23.8 Å². The van der Waals surface area contributed by atoms with Gasteiger partial charge in [-0.2, -0.15) is 0 Å². The lowest BCUT2D eigenvalue weighted by Gasteiger charge is -2.38. The maximum atomic E-state index is 13.5. The number of ether oxygens (including phenoxy) is 3. The van der Waals surface area contributed by atoms with Crippen LogP contribution in [0.4, 0.5) is 0 Å². The molecule has 1 amide bonds. The predicted octanol–water partition coefficient (Wildman–Crippen LogP) is 3.41. The Labute approximate surface area is 180 Å². The normalized spacial score (nSPS) is 19.6. The Balaban J connectivity index is 1.66. The van der Waals surface area contributed by atoms with E-state index in [1.54, 1.807) is 26.0 Å². The molecule has 2 aliphatic rings. The average molecular weight is 428 g/mol. The molecule has 0 fully saturated rings. The summed E-state index contributed by atoms with van der Waals surface area (Å²) in [7, 11) is 4.55. The van der Waals surface area contributed by atoms with Crippen LogP contribution in [0.25, 0.3) is 0 Å². The predicted molar refractivity (Wildman–Crippen MR) is 114 cm³/mol. The van der Waals surface area contributed by atoms with Gasteiger partial charge in [0.2, 0.25) is 5.91 Å². The van der Waals surface area contributed by atoms with Crippen LogP contribution in [0.15, 0.2) is 41.3 Å². The summed E-state index contributed by atoms with van der Waals surface area (Å²) in [5.74, 6) is 0.950. The molecular weight excluding hydrogens is 402 g/mol. The number of nitrogens with zero attached hydrogens (tertiary/aromatic N) is 1. The lowest BCUT2D eigenvalue weighted by atomic mass is 9.89. The van der Waals surface area contributed by atoms with E-state index in [2.05, 4.69) is 12.1 Å². The third kappa shape index (κ3) is 3.74. The number of hydrogen-bond acceptors (Lipinski definition) is 6. The van der Waals surface area contributed by atoms with Crippen molar-refractivity contribution in [2.75, 3.05) is 27.9 Å². The summed E-state index contributed by atoms with van der Waals surface area (Å²) in [6.07, 6.45) is 1.51. The van der Waals surface area contributed by atoms with E-state index in [0.29, 0.717) is 30.9 Å². The van der Waals surface area contributed by atoms with Crippen LogP contribution >= 0.6 is 11.8 Å². The molecule has 0 saturated heterocycles. The molecule has 2 atom stereocenters. The molecule has 158 valence electrons. The first kappa shape index (κ1) is 20.6. The second-order valence-corrected chi connectivity index (χ2v) is 8.65. The Morgan fingerprint density at radius 3 is 2.50 bits per heavy atom. The Morgan fingerprint density at radius 1 is 1.07 bits per heavy atom. The van der Waals surface area contributed by atoms with Crippen molar-refractivity contribution >= 4 is 23.6 Å². The third-order valence-electron chi connectivity index (χ3n) is 5.80. The fraction of sp³-hybridized carbons (Fsp3) is 0.391. The quantitative estimate of drug-likeness (QED) is 0.682. The minimum Gasteiger partial charge on any atom is -0.493 e. The highest BCUT2D eigenvalue weighted by Crippen LogP contribution is 2.43. The van der Waals surface area contributed by atoms with E-state index in [4.69, 9.17) is 14.2 Å². The van der Waals surface area contributed by atoms with Gasteiger partial charge in [-0.15, -0.1) is 11.8 Å². The van der Waals surface area contributed by atoms with Crippen LogP contribution in [-0.2, 0) is 27.2 Å². The first-order valence-corrected chi connectivity index (χ1v) is 10.8. The van der Waals surface area contributed by atoms with E-state index in [1.807, 2.05) is 29.2 Å². The molecule has 4 rings (SSSR count). The van der Waals surface area contributed by atoms with E-state index >= 15 is 0 Å². The zero-order chi connectivity index (χ0) is 21.3. The smallest absolute Gasteiger partial charge is 0.307 e. The lowest BCUT2D eigenvalue weighted by molar-refractivity contribution is -0.144. The minimum absolute atomic E-state index is 0.0607. The van der Waals surface area contributed by atoms with Gasteiger partial charge in [-0.3, -0.25) is 9.59 Å². The summed E-state index contributed by atoms with van der Waals surface area (Å²) in [5, 5.41) is -0.177. The Kier molecular flexibility index (Phi) is 5.90. The van der Waals surface area contributed by atoms with Crippen molar-refractivity contribution in [2.45, 2.75) is 35.4 Å². The summed E-state index contributed by atoms with van der Waals surface area (Å²) < 4.78 is 15.8. The van der Waals surface area contributed by atoms with Crippen LogP contribution in [0.5, 0.6) is 11.5 Å². The Hall–Kier alpha value is -2.67. The fourth-order valence-corrected chi connectivity index (χ4v) is 5.52. The highest BCUT2D eigenvalue weighted by molar-refractivity contribution is 8.01. The fourth-order valence-electron chi connectivity index (χ4n) is 4.26. The van der Waals surface area contributed by atoms with Crippen LogP contribution in [0.2, 0.25) is 0 Å². The van der Waals surface area contributed by atoms with Crippen LogP contribution in [-0.4, -0.2) is 49.9 Å². The van der Waals surface area contributed by atoms with Gasteiger partial charge in [0.15, 0.2) is 11.5 Å². The van der Waals surface area contributed by atoms with Crippen molar-refractivity contribution in [2.24, 2.45) is 0 Å². The van der Waals surface area contributed by atoms with Gasteiger partial charge in [-0.25, -0.2) is 0 Å². The van der Waals surface area contributed by atoms with E-state index in [9.17, 15) is 9.59 Å². The molecule has 0 aromatic heterocycles. The van der Waals surface area contributed by atoms with Gasteiger partial charge in [-0.1, -0.05) is 18.2 Å². The largest absolute Gasteiger partial charge is 0.493 e. The third-order valence-corrected chi connectivity index (χ3v) is 7.10. The summed E-state index contributed by atoms with van der Waals surface area (Å²) in [5.41, 5.74) is 3.18. The molecule has 6 nitrogen and oxygen atoms in total. The van der Waals surface area contributed by atoms with Gasteiger partial charge in [0, 0.05) is 11.4 Å². The van der Waals surface area contributed by atoms with Gasteiger partial charge in [0.05, 0.1) is 39.0 Å². The average Bonchev–Trinajstić information content (AvgIpc) is 3.22. The Morgan fingerprint density at radius 2 is 1.80 bits per heavy atom. The molecule has 0 bridgehead atoms. The van der Waals surface area contributed by atoms with E-state index in [1.165, 1.54) is 12.7 Å². The first-order valence-electron chi connectivity index (χ1n) is 9.92. The van der Waals surface area contributed by atoms with Crippen LogP contribution < -0.4 is 9.47 Å². The summed E-state index contributed by atoms with van der Waals surface area (Å²) in [6.45, 7) is 0.552. The first-order chi connectivity index (χ1) is 14.5. The van der Waals surface area contributed by atoms with Crippen molar-refractivity contribution in [3.8, 4) is 11.5 Å². The zero-order valence-electron chi connectivity index (χ0n) is 17.3. The van der Waals surface area contributed by atoms with Crippen LogP contribution in [0, 0.1) is 0 Å². The molecule has 2 aliphatic heterocycles. The molecule has 2 aromatic rings. The van der Waals surface area contributed by atoms with E-state index < -0.39 is 6.04 Å². The number of thioether (sulfide) groups is 1. The Bertz CT molecular complexity index is 951. The SMILES string of the molecule is COC(=O)C[C@H]1c2cc(OC)c(OC)cc2CCN1C(=O)[C@@H]1Cc2ccccc2S1. The number of carbonyl (C=O) groups excluding carboxylic acids is 2. The van der Waals surface area contributed by atoms with Crippen LogP contribution in [0.1, 0.15) is 29.2 Å². The van der Waals surface area contributed by atoms with Gasteiger partial charge >= 0.3 is 5.97 Å². The summed E-state index contributed by atoms with van der Waals surface area (Å²) >= 11 is 1.61. The minimum atomic E-state index is -0.391. The van der Waals surface area contributed by atoms with Crippen molar-refractivity contribution in [3.05, 3.63) is 53.1 Å². The number of fused-ring (bicyclic) bond motifs is 2. The molecule has 0 radical (unpaired) electrons. The highest BCUT2D eigenvalue weighted by atomic mass is 32.2. The standard InChI is InChI=1S/C23H25NO5S/c1-27-18-10-14-8-9-24(17(13-22(25)29-3)16(14)12-19(18)28-2)23(26)21-11-15-6-4-5-7-20(15)30-21/h4-7,10,12,17,21H,8-9,11,13H2,1-3H3/t17-,21-/m0/s1. The van der Waals surface area contributed by atoms with Gasteiger partial charge in [0.25, 0.3) is 0 Å². The van der Waals surface area contributed by atoms with E-state index in [0.717, 1.165) is 16.0 Å². The van der Waals surface area contributed by atoms with Crippen molar-refractivity contribution in [3.63, 3.8) is 0 Å². The molecular formula is C23H25NO5S. The summed E-state index contributed by atoms with van der Waals surface area (Å²) in [6, 6.07) is 11.6. The maximum absolute atomic E-state index is 13.5. The molecule has 0 saturated carbocycles. The number of methoxy groups -OCH3 is 3. The lowest BCUT2D eigenvalue weighted by Crippen LogP contribution is -2.45.